The highest BCUT2D eigenvalue weighted by Crippen LogP contribution is 2.27. The summed E-state index contributed by atoms with van der Waals surface area (Å²) >= 11 is 0. The molecule has 0 amide bonds. The number of hydrogen-bond acceptors (Lipinski definition) is 6. The maximum absolute atomic E-state index is 10.8. The molecule has 110 valence electrons. The van der Waals surface area contributed by atoms with E-state index in [0.29, 0.717) is 11.7 Å². The molecule has 9 nitrogen and oxygen atoms in total. The molecule has 0 radical (unpaired) electrons. The topological polar surface area (TPSA) is 126 Å². The van der Waals surface area contributed by atoms with Crippen molar-refractivity contribution >= 4 is 28.8 Å². The number of aromatic nitrogens is 2. The molecule has 2 aromatic heterocycles. The van der Waals surface area contributed by atoms with Gasteiger partial charge in [-0.3, -0.25) is 10.1 Å². The third-order valence-corrected chi connectivity index (χ3v) is 3.46. The molecule has 3 heterocycles. The monoisotopic (exact) mass is 299 g/mol. The van der Waals surface area contributed by atoms with Crippen molar-refractivity contribution in [3.05, 3.63) is 52.3 Å². The molecule has 0 unspecified atom stereocenters. The number of guanidine groups is 1. The second kappa shape index (κ2) is 4.32. The number of benzene rings is 1. The van der Waals surface area contributed by atoms with Crippen LogP contribution in [0.1, 0.15) is 11.9 Å². The standard InChI is InChI=1S/C13H10N6O3/c14-12-16-11(9-5-6-10(22-9)19(20)21)18-8-4-2-1-3-7(8)15-13(18)17-12/h1-6,11H,(H3,14,15,16,17)/p+1/t11-/m0/s1. The summed E-state index contributed by atoms with van der Waals surface area (Å²) in [5.74, 6) is 0.852. The molecule has 4 rings (SSSR count). The Balaban J connectivity index is 1.91. The van der Waals surface area contributed by atoms with Crippen LogP contribution < -0.4 is 15.6 Å². The van der Waals surface area contributed by atoms with E-state index in [4.69, 9.17) is 10.2 Å². The van der Waals surface area contributed by atoms with Gasteiger partial charge in [0.2, 0.25) is 6.17 Å². The Kier molecular flexibility index (Phi) is 2.43. The first-order valence-corrected chi connectivity index (χ1v) is 6.50. The highest BCUT2D eigenvalue weighted by Gasteiger charge is 2.33. The summed E-state index contributed by atoms with van der Waals surface area (Å²) in [7, 11) is 0. The highest BCUT2D eigenvalue weighted by atomic mass is 16.6. The third-order valence-electron chi connectivity index (χ3n) is 3.46. The van der Waals surface area contributed by atoms with E-state index in [-0.39, 0.29) is 11.8 Å². The van der Waals surface area contributed by atoms with Gasteiger partial charge in [0.1, 0.15) is 16.0 Å². The number of anilines is 1. The number of rotatable bonds is 2. The molecule has 0 aliphatic carbocycles. The van der Waals surface area contributed by atoms with Crippen molar-refractivity contribution in [2.24, 2.45) is 10.7 Å². The van der Waals surface area contributed by atoms with Gasteiger partial charge in [-0.05, 0) is 18.2 Å². The quantitative estimate of drug-likeness (QED) is 0.373. The Morgan fingerprint density at radius 1 is 1.32 bits per heavy atom. The molecule has 4 N–H and O–H groups in total. The zero-order valence-electron chi connectivity index (χ0n) is 11.2. The summed E-state index contributed by atoms with van der Waals surface area (Å²) in [6.45, 7) is 0. The predicted molar refractivity (Wildman–Crippen MR) is 77.2 cm³/mol. The fourth-order valence-corrected chi connectivity index (χ4v) is 2.56. The van der Waals surface area contributed by atoms with E-state index in [0.717, 1.165) is 11.0 Å². The fraction of sp³-hybridized carbons (Fsp3) is 0.0769. The number of fused-ring (bicyclic) bond motifs is 3. The maximum atomic E-state index is 10.8. The van der Waals surface area contributed by atoms with Crippen molar-refractivity contribution in [1.29, 1.82) is 0 Å². The average Bonchev–Trinajstić information content (AvgIpc) is 3.10. The van der Waals surface area contributed by atoms with E-state index < -0.39 is 11.1 Å². The molecule has 3 aromatic rings. The van der Waals surface area contributed by atoms with Crippen LogP contribution in [0.5, 0.6) is 0 Å². The number of para-hydroxylation sites is 2. The lowest BCUT2D eigenvalue weighted by atomic mass is 10.3. The van der Waals surface area contributed by atoms with E-state index in [1.807, 2.05) is 28.8 Å². The highest BCUT2D eigenvalue weighted by molar-refractivity contribution is 5.92. The van der Waals surface area contributed by atoms with Crippen LogP contribution in [0, 0.1) is 10.1 Å². The number of H-pyrrole nitrogens is 1. The first kappa shape index (κ1) is 12.4. The van der Waals surface area contributed by atoms with Crippen molar-refractivity contribution in [3.63, 3.8) is 0 Å². The van der Waals surface area contributed by atoms with Gasteiger partial charge in [-0.15, -0.1) is 0 Å². The smallest absolute Gasteiger partial charge is 0.400 e. The van der Waals surface area contributed by atoms with Gasteiger partial charge in [-0.2, -0.15) is 9.56 Å². The lowest BCUT2D eigenvalue weighted by molar-refractivity contribution is -0.676. The van der Waals surface area contributed by atoms with Crippen molar-refractivity contribution in [1.82, 2.24) is 4.98 Å². The van der Waals surface area contributed by atoms with Gasteiger partial charge in [0.25, 0.3) is 5.96 Å². The summed E-state index contributed by atoms with van der Waals surface area (Å²) in [6.07, 6.45) is -0.610. The number of aromatic amines is 1. The summed E-state index contributed by atoms with van der Waals surface area (Å²) in [5.41, 5.74) is 7.57. The number of aliphatic imine (C=N–C) groups is 1. The van der Waals surface area contributed by atoms with E-state index in [2.05, 4.69) is 15.3 Å². The number of hydrogen-bond donors (Lipinski definition) is 3. The largest absolute Gasteiger partial charge is 0.433 e. The molecule has 1 aliphatic rings. The minimum atomic E-state index is -0.610. The van der Waals surface area contributed by atoms with Gasteiger partial charge in [-0.1, -0.05) is 12.1 Å². The summed E-state index contributed by atoms with van der Waals surface area (Å²) in [4.78, 5) is 17.7. The lowest BCUT2D eigenvalue weighted by Gasteiger charge is -2.15. The second-order valence-electron chi connectivity index (χ2n) is 4.81. The molecular weight excluding hydrogens is 288 g/mol. The molecule has 0 saturated heterocycles. The first-order valence-electron chi connectivity index (χ1n) is 6.50. The van der Waals surface area contributed by atoms with Crippen LogP contribution in [-0.4, -0.2) is 15.9 Å². The number of imidazole rings is 1. The van der Waals surface area contributed by atoms with Crippen LogP contribution >= 0.6 is 0 Å². The van der Waals surface area contributed by atoms with Crippen molar-refractivity contribution in [3.8, 4) is 0 Å². The molecule has 0 saturated carbocycles. The van der Waals surface area contributed by atoms with Crippen LogP contribution in [0.15, 0.2) is 45.8 Å². The van der Waals surface area contributed by atoms with Crippen LogP contribution in [0.4, 0.5) is 11.8 Å². The molecule has 1 aliphatic heterocycles. The fourth-order valence-electron chi connectivity index (χ4n) is 2.56. The second-order valence-corrected chi connectivity index (χ2v) is 4.81. The van der Waals surface area contributed by atoms with E-state index in [9.17, 15) is 10.1 Å². The normalized spacial score (nSPS) is 16.9. The summed E-state index contributed by atoms with van der Waals surface area (Å²) in [5, 5.41) is 13.7. The van der Waals surface area contributed by atoms with Crippen molar-refractivity contribution in [2.45, 2.75) is 6.17 Å². The molecule has 9 heteroatoms. The van der Waals surface area contributed by atoms with E-state index in [1.165, 1.54) is 12.1 Å². The van der Waals surface area contributed by atoms with Gasteiger partial charge in [0.05, 0.1) is 6.07 Å². The number of nitrogens with zero attached hydrogens (tertiary/aromatic N) is 3. The zero-order chi connectivity index (χ0) is 15.3. The number of nitrogens with two attached hydrogens (primary N) is 1. The van der Waals surface area contributed by atoms with Gasteiger partial charge in [-0.25, -0.2) is 10.3 Å². The molecule has 1 atom stereocenters. The average molecular weight is 299 g/mol. The molecule has 0 spiro atoms. The van der Waals surface area contributed by atoms with E-state index in [1.54, 1.807) is 0 Å². The maximum Gasteiger partial charge on any atom is 0.433 e. The molecule has 0 bridgehead atoms. The summed E-state index contributed by atoms with van der Waals surface area (Å²) < 4.78 is 7.13. The van der Waals surface area contributed by atoms with Gasteiger partial charge in [0, 0.05) is 0 Å². The van der Waals surface area contributed by atoms with Crippen molar-refractivity contribution in [2.75, 3.05) is 5.32 Å². The number of nitro groups is 1. The zero-order valence-corrected chi connectivity index (χ0v) is 11.2. The van der Waals surface area contributed by atoms with Gasteiger partial charge in [0.15, 0.2) is 5.76 Å². The number of nitrogens with one attached hydrogen (secondary N) is 2. The lowest BCUT2D eigenvalue weighted by Crippen LogP contribution is -2.47. The molecular formula is C13H11N6O3+. The Morgan fingerprint density at radius 3 is 2.91 bits per heavy atom. The molecule has 1 aromatic carbocycles. The van der Waals surface area contributed by atoms with Crippen LogP contribution in [-0.2, 0) is 0 Å². The van der Waals surface area contributed by atoms with Crippen LogP contribution in [0.25, 0.3) is 11.0 Å². The number of furan rings is 1. The first-order chi connectivity index (χ1) is 10.6. The Hall–Kier alpha value is -3.36. The van der Waals surface area contributed by atoms with E-state index >= 15 is 0 Å². The molecule has 0 fully saturated rings. The van der Waals surface area contributed by atoms with Crippen LogP contribution in [0.3, 0.4) is 0 Å². The SMILES string of the molecule is NC1=N[C@H](c2ccc([N+](=O)[O-])o2)[n+]2c([nH]c3ccccc32)N1. The Labute approximate surface area is 123 Å². The third kappa shape index (κ3) is 1.72. The predicted octanol–water partition coefficient (Wildman–Crippen LogP) is 1.24. The minimum Gasteiger partial charge on any atom is -0.400 e. The van der Waals surface area contributed by atoms with Crippen molar-refractivity contribution < 1.29 is 13.9 Å². The van der Waals surface area contributed by atoms with Gasteiger partial charge >= 0.3 is 11.8 Å². The van der Waals surface area contributed by atoms with Gasteiger partial charge < -0.3 is 10.2 Å². The molecule has 22 heavy (non-hydrogen) atoms. The summed E-state index contributed by atoms with van der Waals surface area (Å²) in [6, 6.07) is 10.5. The Bertz CT molecular complexity index is 925. The van der Waals surface area contributed by atoms with Crippen LogP contribution in [0.2, 0.25) is 0 Å². The Morgan fingerprint density at radius 2 is 2.14 bits per heavy atom. The minimum absolute atomic E-state index is 0.204.